The molecule has 0 saturated carbocycles. The minimum absolute atomic E-state index is 0.189. The summed E-state index contributed by atoms with van der Waals surface area (Å²) >= 11 is 0. The van der Waals surface area contributed by atoms with Crippen molar-refractivity contribution in [2.45, 2.75) is 66.7 Å². The van der Waals surface area contributed by atoms with E-state index in [4.69, 9.17) is 4.98 Å². The normalized spacial score (nSPS) is 11.6. The maximum absolute atomic E-state index is 13.3. The number of aryl methyl sites for hydroxylation is 2. The fraction of sp³-hybridized carbons (Fsp3) is 0.355. The Labute approximate surface area is 203 Å². The smallest absolute Gasteiger partial charge is 0.165 e. The van der Waals surface area contributed by atoms with E-state index in [0.29, 0.717) is 18.3 Å². The Morgan fingerprint density at radius 3 is 2.15 bits per heavy atom. The van der Waals surface area contributed by atoms with Gasteiger partial charge >= 0.3 is 0 Å². The highest BCUT2D eigenvalue weighted by Gasteiger charge is 2.20. The molecule has 176 valence electrons. The number of pyridine rings is 1. The highest BCUT2D eigenvalue weighted by atomic mass is 16.1. The van der Waals surface area contributed by atoms with Gasteiger partial charge < -0.3 is 4.57 Å². The van der Waals surface area contributed by atoms with Crippen molar-refractivity contribution in [3.63, 3.8) is 0 Å². The van der Waals surface area contributed by atoms with Gasteiger partial charge in [-0.05, 0) is 59.6 Å². The predicted molar refractivity (Wildman–Crippen MR) is 143 cm³/mol. The summed E-state index contributed by atoms with van der Waals surface area (Å²) in [5.41, 5.74) is 8.87. The largest absolute Gasteiger partial charge is 0.314 e. The van der Waals surface area contributed by atoms with Gasteiger partial charge in [0.15, 0.2) is 5.78 Å². The van der Waals surface area contributed by atoms with Crippen molar-refractivity contribution in [2.75, 3.05) is 0 Å². The number of carbonyl (C=O) groups is 1. The molecule has 34 heavy (non-hydrogen) atoms. The number of hydrogen-bond donors (Lipinski definition) is 0. The molecule has 0 bridgehead atoms. The lowest BCUT2D eigenvalue weighted by Gasteiger charge is -2.13. The van der Waals surface area contributed by atoms with E-state index < -0.39 is 0 Å². The third-order valence-corrected chi connectivity index (χ3v) is 6.68. The van der Waals surface area contributed by atoms with Crippen molar-refractivity contribution < 1.29 is 4.79 Å². The molecule has 3 heteroatoms. The Bertz CT molecular complexity index is 1290. The van der Waals surface area contributed by atoms with E-state index in [1.54, 1.807) is 0 Å². The number of hydrogen-bond acceptors (Lipinski definition) is 2. The summed E-state index contributed by atoms with van der Waals surface area (Å²) in [6.07, 6.45) is 6.39. The van der Waals surface area contributed by atoms with Gasteiger partial charge in [0.1, 0.15) is 0 Å². The number of benzene rings is 2. The van der Waals surface area contributed by atoms with Crippen LogP contribution in [0.3, 0.4) is 0 Å². The highest BCUT2D eigenvalue weighted by molar-refractivity contribution is 6.09. The topological polar surface area (TPSA) is 34.9 Å². The summed E-state index contributed by atoms with van der Waals surface area (Å²) in [5, 5.41) is 0.983. The lowest BCUT2D eigenvalue weighted by molar-refractivity contribution is 0.0969. The first-order valence-electron chi connectivity index (χ1n) is 12.6. The van der Waals surface area contributed by atoms with Gasteiger partial charge in [0, 0.05) is 34.8 Å². The van der Waals surface area contributed by atoms with Gasteiger partial charge in [0.05, 0.1) is 17.4 Å². The standard InChI is InChI=1S/C31H36N2O/c1-7-22-10-9-11-23(8-2)31(22)28-17-26-27(30(34)16-20(3)4)19-33(29(26)18-32-28)25-14-12-24(13-15-25)21(5)6/h9-15,17-21H,7-8,16H2,1-6H3. The SMILES string of the molecule is CCc1cccc(CC)c1-c1cc2c(C(=O)CC(C)C)cn(-c3ccc(C(C)C)cc3)c2cn1. The zero-order valence-electron chi connectivity index (χ0n) is 21.4. The van der Waals surface area contributed by atoms with Gasteiger partial charge in [-0.2, -0.15) is 0 Å². The number of fused-ring (bicyclic) bond motifs is 1. The molecule has 0 aliphatic carbocycles. The summed E-state index contributed by atoms with van der Waals surface area (Å²) in [5.74, 6) is 0.980. The van der Waals surface area contributed by atoms with Crippen LogP contribution in [0.25, 0.3) is 27.8 Å². The van der Waals surface area contributed by atoms with E-state index in [9.17, 15) is 4.79 Å². The first kappa shape index (κ1) is 23.9. The van der Waals surface area contributed by atoms with Crippen molar-refractivity contribution in [1.29, 1.82) is 0 Å². The first-order chi connectivity index (χ1) is 16.3. The van der Waals surface area contributed by atoms with Crippen LogP contribution in [0.5, 0.6) is 0 Å². The lowest BCUT2D eigenvalue weighted by Crippen LogP contribution is -2.03. The molecular formula is C31H36N2O. The summed E-state index contributed by atoms with van der Waals surface area (Å²) in [6.45, 7) is 13.0. The summed E-state index contributed by atoms with van der Waals surface area (Å²) in [4.78, 5) is 18.2. The van der Waals surface area contributed by atoms with Crippen LogP contribution in [-0.4, -0.2) is 15.3 Å². The molecule has 0 aliphatic rings. The molecule has 3 nitrogen and oxygen atoms in total. The molecule has 2 aromatic carbocycles. The molecule has 0 N–H and O–H groups in total. The molecule has 4 aromatic rings. The molecule has 0 spiro atoms. The van der Waals surface area contributed by atoms with E-state index >= 15 is 0 Å². The van der Waals surface area contributed by atoms with Crippen LogP contribution in [0.1, 0.15) is 80.9 Å². The monoisotopic (exact) mass is 452 g/mol. The molecule has 0 fully saturated rings. The second kappa shape index (κ2) is 9.97. The van der Waals surface area contributed by atoms with Crippen LogP contribution in [0.4, 0.5) is 0 Å². The second-order valence-electron chi connectivity index (χ2n) is 9.93. The van der Waals surface area contributed by atoms with E-state index in [-0.39, 0.29) is 5.78 Å². The zero-order chi connectivity index (χ0) is 24.4. The fourth-order valence-electron chi connectivity index (χ4n) is 4.77. The van der Waals surface area contributed by atoms with Crippen LogP contribution in [-0.2, 0) is 12.8 Å². The van der Waals surface area contributed by atoms with Crippen LogP contribution < -0.4 is 0 Å². The minimum Gasteiger partial charge on any atom is -0.314 e. The van der Waals surface area contributed by atoms with Crippen LogP contribution >= 0.6 is 0 Å². The van der Waals surface area contributed by atoms with Crippen molar-refractivity contribution in [3.8, 4) is 16.9 Å². The average Bonchev–Trinajstić information content (AvgIpc) is 3.22. The van der Waals surface area contributed by atoms with Gasteiger partial charge in [-0.25, -0.2) is 0 Å². The Morgan fingerprint density at radius 1 is 0.941 bits per heavy atom. The average molecular weight is 453 g/mol. The first-order valence-corrected chi connectivity index (χ1v) is 12.6. The van der Waals surface area contributed by atoms with Crippen molar-refractivity contribution in [2.24, 2.45) is 5.92 Å². The molecule has 0 radical (unpaired) electrons. The molecule has 0 amide bonds. The van der Waals surface area contributed by atoms with Gasteiger partial charge in [-0.3, -0.25) is 9.78 Å². The maximum Gasteiger partial charge on any atom is 0.165 e. The number of Topliss-reactive ketones (excluding diaryl/α,β-unsaturated/α-hetero) is 1. The Morgan fingerprint density at radius 2 is 1.59 bits per heavy atom. The van der Waals surface area contributed by atoms with Gasteiger partial charge in [0.25, 0.3) is 0 Å². The zero-order valence-corrected chi connectivity index (χ0v) is 21.4. The fourth-order valence-corrected chi connectivity index (χ4v) is 4.77. The molecule has 0 aliphatic heterocycles. The molecule has 2 aromatic heterocycles. The number of carbonyl (C=O) groups excluding carboxylic acids is 1. The molecule has 0 atom stereocenters. The van der Waals surface area contributed by atoms with Crippen molar-refractivity contribution in [1.82, 2.24) is 9.55 Å². The van der Waals surface area contributed by atoms with Crippen molar-refractivity contribution >= 4 is 16.7 Å². The lowest BCUT2D eigenvalue weighted by atomic mass is 9.93. The van der Waals surface area contributed by atoms with Crippen molar-refractivity contribution in [3.05, 3.63) is 83.2 Å². The molecule has 2 heterocycles. The molecule has 4 rings (SSSR count). The number of aromatic nitrogens is 2. The summed E-state index contributed by atoms with van der Waals surface area (Å²) in [7, 11) is 0. The number of rotatable bonds is 8. The number of ketones is 1. The predicted octanol–water partition coefficient (Wildman–Crippen LogP) is 8.17. The summed E-state index contributed by atoms with van der Waals surface area (Å²) < 4.78 is 2.12. The van der Waals surface area contributed by atoms with E-state index in [0.717, 1.165) is 40.7 Å². The van der Waals surface area contributed by atoms with Gasteiger partial charge in [0.2, 0.25) is 0 Å². The van der Waals surface area contributed by atoms with E-state index in [1.165, 1.54) is 22.3 Å². The Hall–Kier alpha value is -3.20. The Kier molecular flexibility index (Phi) is 7.02. The van der Waals surface area contributed by atoms with E-state index in [2.05, 4.69) is 94.6 Å². The van der Waals surface area contributed by atoms with Gasteiger partial charge in [-0.1, -0.05) is 71.9 Å². The van der Waals surface area contributed by atoms with Gasteiger partial charge in [-0.15, -0.1) is 0 Å². The molecule has 0 unspecified atom stereocenters. The number of nitrogens with zero attached hydrogens (tertiary/aromatic N) is 2. The minimum atomic E-state index is 0.189. The Balaban J connectivity index is 1.93. The van der Waals surface area contributed by atoms with Crippen LogP contribution in [0, 0.1) is 5.92 Å². The summed E-state index contributed by atoms with van der Waals surface area (Å²) in [6, 6.07) is 17.3. The highest BCUT2D eigenvalue weighted by Crippen LogP contribution is 2.33. The quantitative estimate of drug-likeness (QED) is 0.253. The van der Waals surface area contributed by atoms with Crippen LogP contribution in [0.2, 0.25) is 0 Å². The van der Waals surface area contributed by atoms with Crippen LogP contribution in [0.15, 0.2) is 60.9 Å². The maximum atomic E-state index is 13.3. The molecule has 0 saturated heterocycles. The molecular weight excluding hydrogens is 416 g/mol. The third-order valence-electron chi connectivity index (χ3n) is 6.68. The second-order valence-corrected chi connectivity index (χ2v) is 9.93. The van der Waals surface area contributed by atoms with E-state index in [1.807, 2.05) is 12.4 Å². The third kappa shape index (κ3) is 4.57.